The highest BCUT2D eigenvalue weighted by molar-refractivity contribution is 7.08. The van der Waals surface area contributed by atoms with E-state index in [1.807, 2.05) is 4.90 Å². The van der Waals surface area contributed by atoms with Crippen LogP contribution in [-0.2, 0) is 5.41 Å². The summed E-state index contributed by atoms with van der Waals surface area (Å²) in [6.45, 7) is 14.3. The van der Waals surface area contributed by atoms with E-state index in [1.54, 1.807) is 0 Å². The number of amides is 1. The molecule has 0 radical (unpaired) electrons. The molecule has 0 saturated heterocycles. The van der Waals surface area contributed by atoms with Gasteiger partial charge in [-0.3, -0.25) is 4.79 Å². The van der Waals surface area contributed by atoms with Crippen molar-refractivity contribution in [2.45, 2.75) is 53.4 Å². The zero-order valence-corrected chi connectivity index (χ0v) is 14.9. The summed E-state index contributed by atoms with van der Waals surface area (Å²) in [5, 5.41) is 4.16. The van der Waals surface area contributed by atoms with Gasteiger partial charge in [-0.05, 0) is 29.9 Å². The van der Waals surface area contributed by atoms with Crippen LogP contribution in [0.4, 0.5) is 0 Å². The average Bonchev–Trinajstić information content (AvgIpc) is 2.86. The monoisotopic (exact) mass is 312 g/mol. The first-order chi connectivity index (χ1) is 9.62. The van der Waals surface area contributed by atoms with Crippen LogP contribution in [0, 0.1) is 5.41 Å². The Morgan fingerprint density at radius 3 is 2.38 bits per heavy atom. The number of rotatable bonds is 6. The van der Waals surface area contributed by atoms with Crippen molar-refractivity contribution in [1.82, 2.24) is 14.5 Å². The summed E-state index contributed by atoms with van der Waals surface area (Å²) in [5.74, 6) is 0.0262. The molecule has 6 heteroatoms. The van der Waals surface area contributed by atoms with Gasteiger partial charge in [-0.1, -0.05) is 46.0 Å². The van der Waals surface area contributed by atoms with Gasteiger partial charge >= 0.3 is 0 Å². The van der Waals surface area contributed by atoms with E-state index in [0.29, 0.717) is 18.0 Å². The van der Waals surface area contributed by atoms with Crippen molar-refractivity contribution in [2.24, 2.45) is 11.1 Å². The van der Waals surface area contributed by atoms with E-state index in [4.69, 9.17) is 5.73 Å². The minimum Gasteiger partial charge on any atom is -0.337 e. The standard InChI is InChI=1S/C15H28N4OS/c1-7-8-19(10-15(5,6)9-16)13(20)11-12(14(2,3)4)17-18-21-11/h7-10,16H2,1-6H3. The molecule has 1 rings (SSSR count). The van der Waals surface area contributed by atoms with E-state index in [0.717, 1.165) is 18.7 Å². The van der Waals surface area contributed by atoms with E-state index < -0.39 is 0 Å². The molecule has 1 aromatic heterocycles. The number of hydrogen-bond acceptors (Lipinski definition) is 5. The molecule has 0 fully saturated rings. The van der Waals surface area contributed by atoms with Gasteiger partial charge in [-0.2, -0.15) is 0 Å². The van der Waals surface area contributed by atoms with Crippen LogP contribution in [0.2, 0.25) is 0 Å². The lowest BCUT2D eigenvalue weighted by Crippen LogP contribution is -2.42. The molecule has 0 atom stereocenters. The number of nitrogens with two attached hydrogens (primary N) is 1. The molecule has 0 unspecified atom stereocenters. The smallest absolute Gasteiger partial charge is 0.267 e. The molecule has 1 aromatic rings. The van der Waals surface area contributed by atoms with E-state index in [1.165, 1.54) is 11.5 Å². The molecule has 1 amide bonds. The molecule has 0 saturated carbocycles. The molecule has 0 bridgehead atoms. The van der Waals surface area contributed by atoms with Crippen molar-refractivity contribution >= 4 is 17.4 Å². The third-order valence-electron chi connectivity index (χ3n) is 3.34. The van der Waals surface area contributed by atoms with Gasteiger partial charge in [0.05, 0.1) is 5.69 Å². The minimum absolute atomic E-state index is 0.0262. The highest BCUT2D eigenvalue weighted by Crippen LogP contribution is 2.27. The third kappa shape index (κ3) is 4.74. The van der Waals surface area contributed by atoms with Gasteiger partial charge in [0.1, 0.15) is 4.88 Å². The summed E-state index contributed by atoms with van der Waals surface area (Å²) in [7, 11) is 0. The van der Waals surface area contributed by atoms with E-state index in [2.05, 4.69) is 51.1 Å². The Hall–Kier alpha value is -1.01. The lowest BCUT2D eigenvalue weighted by atomic mass is 9.90. The van der Waals surface area contributed by atoms with Crippen molar-refractivity contribution in [3.63, 3.8) is 0 Å². The number of aromatic nitrogens is 2. The molecule has 21 heavy (non-hydrogen) atoms. The second-order valence-electron chi connectivity index (χ2n) is 7.30. The Bertz CT molecular complexity index is 476. The van der Waals surface area contributed by atoms with Crippen LogP contribution in [0.5, 0.6) is 0 Å². The van der Waals surface area contributed by atoms with Crippen molar-refractivity contribution in [3.05, 3.63) is 10.6 Å². The highest BCUT2D eigenvalue weighted by Gasteiger charge is 2.31. The number of nitrogens with zero attached hydrogens (tertiary/aromatic N) is 3. The number of carbonyl (C=O) groups excluding carboxylic acids is 1. The van der Waals surface area contributed by atoms with Crippen LogP contribution in [0.1, 0.15) is 63.3 Å². The van der Waals surface area contributed by atoms with Gasteiger partial charge in [0.2, 0.25) is 0 Å². The SMILES string of the molecule is CCCN(CC(C)(C)CN)C(=O)c1snnc1C(C)(C)C. The fourth-order valence-electron chi connectivity index (χ4n) is 2.07. The zero-order valence-electron chi connectivity index (χ0n) is 14.1. The lowest BCUT2D eigenvalue weighted by molar-refractivity contribution is 0.0691. The molecule has 2 N–H and O–H groups in total. The van der Waals surface area contributed by atoms with Crippen molar-refractivity contribution in [3.8, 4) is 0 Å². The highest BCUT2D eigenvalue weighted by atomic mass is 32.1. The Labute approximate surface area is 132 Å². The molecule has 5 nitrogen and oxygen atoms in total. The predicted octanol–water partition coefficient (Wildman–Crippen LogP) is 2.67. The topological polar surface area (TPSA) is 72.1 Å². The Balaban J connectivity index is 3.05. The maximum absolute atomic E-state index is 12.9. The third-order valence-corrected chi connectivity index (χ3v) is 4.06. The van der Waals surface area contributed by atoms with Crippen LogP contribution < -0.4 is 5.73 Å². The van der Waals surface area contributed by atoms with Crippen molar-refractivity contribution in [1.29, 1.82) is 0 Å². The minimum atomic E-state index is -0.181. The lowest BCUT2D eigenvalue weighted by Gasteiger charge is -2.32. The maximum Gasteiger partial charge on any atom is 0.267 e. The Morgan fingerprint density at radius 1 is 1.29 bits per heavy atom. The summed E-state index contributed by atoms with van der Waals surface area (Å²) in [6.07, 6.45) is 0.920. The quantitative estimate of drug-likeness (QED) is 0.876. The zero-order chi connectivity index (χ0) is 16.3. The second-order valence-corrected chi connectivity index (χ2v) is 8.05. The summed E-state index contributed by atoms with van der Waals surface area (Å²) >= 11 is 1.19. The predicted molar refractivity (Wildman–Crippen MR) is 87.6 cm³/mol. The Kier molecular flexibility index (Phi) is 5.87. The Morgan fingerprint density at radius 2 is 1.90 bits per heavy atom. The van der Waals surface area contributed by atoms with Gasteiger partial charge in [0, 0.05) is 18.5 Å². The first-order valence-electron chi connectivity index (χ1n) is 7.44. The summed E-state index contributed by atoms with van der Waals surface area (Å²) in [4.78, 5) is 15.4. The summed E-state index contributed by atoms with van der Waals surface area (Å²) in [5.41, 5.74) is 6.32. The first kappa shape index (κ1) is 18.0. The van der Waals surface area contributed by atoms with Gasteiger partial charge in [-0.15, -0.1) is 5.10 Å². The summed E-state index contributed by atoms with van der Waals surface area (Å²) in [6, 6.07) is 0. The molecular weight excluding hydrogens is 284 g/mol. The van der Waals surface area contributed by atoms with Crippen LogP contribution in [0.3, 0.4) is 0 Å². The molecular formula is C15H28N4OS. The summed E-state index contributed by atoms with van der Waals surface area (Å²) < 4.78 is 3.99. The normalized spacial score (nSPS) is 12.5. The maximum atomic E-state index is 12.9. The first-order valence-corrected chi connectivity index (χ1v) is 8.22. The average molecular weight is 312 g/mol. The second kappa shape index (κ2) is 6.83. The van der Waals surface area contributed by atoms with Crippen molar-refractivity contribution in [2.75, 3.05) is 19.6 Å². The number of carbonyl (C=O) groups is 1. The van der Waals surface area contributed by atoms with Crippen LogP contribution in [0.15, 0.2) is 0 Å². The van der Waals surface area contributed by atoms with E-state index in [9.17, 15) is 4.79 Å². The fourth-order valence-corrected chi connectivity index (χ4v) is 2.91. The molecule has 0 aliphatic rings. The molecule has 0 spiro atoms. The van der Waals surface area contributed by atoms with Crippen LogP contribution in [0.25, 0.3) is 0 Å². The molecule has 0 aromatic carbocycles. The largest absolute Gasteiger partial charge is 0.337 e. The van der Waals surface area contributed by atoms with E-state index in [-0.39, 0.29) is 16.7 Å². The molecule has 1 heterocycles. The number of hydrogen-bond donors (Lipinski definition) is 1. The van der Waals surface area contributed by atoms with Crippen LogP contribution in [-0.4, -0.2) is 40.0 Å². The van der Waals surface area contributed by atoms with Gasteiger partial charge in [0.15, 0.2) is 0 Å². The molecule has 0 aliphatic carbocycles. The van der Waals surface area contributed by atoms with E-state index >= 15 is 0 Å². The van der Waals surface area contributed by atoms with Gasteiger partial charge < -0.3 is 10.6 Å². The molecule has 0 aliphatic heterocycles. The van der Waals surface area contributed by atoms with Gasteiger partial charge in [0.25, 0.3) is 5.91 Å². The van der Waals surface area contributed by atoms with Gasteiger partial charge in [-0.25, -0.2) is 0 Å². The molecule has 120 valence electrons. The fraction of sp³-hybridized carbons (Fsp3) is 0.800. The van der Waals surface area contributed by atoms with Crippen LogP contribution >= 0.6 is 11.5 Å². The van der Waals surface area contributed by atoms with Crippen molar-refractivity contribution < 1.29 is 4.79 Å².